The predicted molar refractivity (Wildman–Crippen MR) is 66.3 cm³/mol. The topological polar surface area (TPSA) is 41.5 Å². The van der Waals surface area contributed by atoms with Crippen LogP contribution >= 0.6 is 0 Å². The summed E-state index contributed by atoms with van der Waals surface area (Å²) in [7, 11) is 0. The second-order valence-corrected chi connectivity index (χ2v) is 5.41. The lowest BCUT2D eigenvalue weighted by atomic mass is 9.87. The van der Waals surface area contributed by atoms with Crippen LogP contribution < -0.4 is 10.1 Å². The summed E-state index contributed by atoms with van der Waals surface area (Å²) in [6, 6.07) is 4.12. The van der Waals surface area contributed by atoms with Gasteiger partial charge in [-0.3, -0.25) is 0 Å². The van der Waals surface area contributed by atoms with Gasteiger partial charge in [-0.25, -0.2) is 0 Å². The van der Waals surface area contributed by atoms with E-state index in [0.29, 0.717) is 6.42 Å². The van der Waals surface area contributed by atoms with Crippen molar-refractivity contribution in [3.63, 3.8) is 0 Å². The molecule has 2 N–H and O–H groups in total. The Balaban J connectivity index is 2.03. The highest BCUT2D eigenvalue weighted by Crippen LogP contribution is 2.43. The zero-order valence-electron chi connectivity index (χ0n) is 10.4. The molecule has 1 fully saturated rings. The molecule has 17 heavy (non-hydrogen) atoms. The van der Waals surface area contributed by atoms with Crippen molar-refractivity contribution in [1.82, 2.24) is 5.32 Å². The molecule has 2 heterocycles. The zero-order valence-corrected chi connectivity index (χ0v) is 10.4. The van der Waals surface area contributed by atoms with E-state index >= 15 is 0 Å². The zero-order chi connectivity index (χ0) is 12.0. The minimum atomic E-state index is -0.391. The Morgan fingerprint density at radius 1 is 1.35 bits per heavy atom. The number of nitrogens with one attached hydrogen (secondary N) is 1. The van der Waals surface area contributed by atoms with E-state index in [1.54, 1.807) is 0 Å². The first-order valence-corrected chi connectivity index (χ1v) is 6.29. The Bertz CT molecular complexity index is 450. The second kappa shape index (κ2) is 3.72. The Morgan fingerprint density at radius 2 is 2.12 bits per heavy atom. The molecule has 0 saturated carbocycles. The molecule has 1 saturated heterocycles. The summed E-state index contributed by atoms with van der Waals surface area (Å²) in [6.45, 7) is 5.98. The maximum atomic E-state index is 10.3. The Labute approximate surface area is 102 Å². The van der Waals surface area contributed by atoms with Crippen molar-refractivity contribution in [3.05, 3.63) is 28.8 Å². The third-order valence-electron chi connectivity index (χ3n) is 4.08. The monoisotopic (exact) mass is 233 g/mol. The molecule has 0 aliphatic carbocycles. The summed E-state index contributed by atoms with van der Waals surface area (Å²) in [4.78, 5) is 0. The molecule has 0 radical (unpaired) electrons. The average Bonchev–Trinajstić information content (AvgIpc) is 2.70. The summed E-state index contributed by atoms with van der Waals surface area (Å²) in [5.41, 5.74) is 3.20. The number of hydrogen-bond donors (Lipinski definition) is 2. The van der Waals surface area contributed by atoms with Crippen LogP contribution in [0.25, 0.3) is 0 Å². The van der Waals surface area contributed by atoms with Gasteiger partial charge in [0.1, 0.15) is 11.4 Å². The second-order valence-electron chi connectivity index (χ2n) is 5.41. The van der Waals surface area contributed by atoms with Gasteiger partial charge in [0.2, 0.25) is 0 Å². The van der Waals surface area contributed by atoms with Crippen molar-refractivity contribution in [2.75, 3.05) is 13.1 Å². The van der Waals surface area contributed by atoms with Crippen molar-refractivity contribution in [1.29, 1.82) is 0 Å². The molecule has 0 bridgehead atoms. The number of aliphatic hydroxyl groups excluding tert-OH is 1. The van der Waals surface area contributed by atoms with Gasteiger partial charge in [0.15, 0.2) is 0 Å². The number of aryl methyl sites for hydroxylation is 2. The van der Waals surface area contributed by atoms with Gasteiger partial charge in [0.05, 0.1) is 6.10 Å². The summed E-state index contributed by atoms with van der Waals surface area (Å²) in [5, 5.41) is 13.6. The van der Waals surface area contributed by atoms with Crippen molar-refractivity contribution in [3.8, 4) is 5.75 Å². The van der Waals surface area contributed by atoms with Crippen molar-refractivity contribution in [2.24, 2.45) is 0 Å². The largest absolute Gasteiger partial charge is 0.485 e. The van der Waals surface area contributed by atoms with E-state index in [2.05, 4.69) is 31.3 Å². The minimum Gasteiger partial charge on any atom is -0.485 e. The van der Waals surface area contributed by atoms with Gasteiger partial charge in [0.25, 0.3) is 0 Å². The fourth-order valence-corrected chi connectivity index (χ4v) is 2.88. The molecule has 1 aromatic rings. The highest BCUT2D eigenvalue weighted by molar-refractivity contribution is 5.45. The third-order valence-corrected chi connectivity index (χ3v) is 4.08. The smallest absolute Gasteiger partial charge is 0.126 e. The van der Waals surface area contributed by atoms with Gasteiger partial charge in [-0.15, -0.1) is 0 Å². The number of ether oxygens (including phenoxy) is 1. The summed E-state index contributed by atoms with van der Waals surface area (Å²) < 4.78 is 6.16. The highest BCUT2D eigenvalue weighted by Gasteiger charge is 2.42. The van der Waals surface area contributed by atoms with E-state index < -0.39 is 6.10 Å². The van der Waals surface area contributed by atoms with E-state index in [-0.39, 0.29) is 5.60 Å². The fraction of sp³-hybridized carbons (Fsp3) is 0.571. The molecule has 1 spiro atoms. The maximum absolute atomic E-state index is 10.3. The van der Waals surface area contributed by atoms with E-state index in [4.69, 9.17) is 4.74 Å². The van der Waals surface area contributed by atoms with Crippen LogP contribution in [-0.4, -0.2) is 23.8 Å². The first kappa shape index (κ1) is 11.1. The molecule has 2 aliphatic heterocycles. The Hall–Kier alpha value is -1.06. The van der Waals surface area contributed by atoms with Gasteiger partial charge in [-0.05, 0) is 43.7 Å². The van der Waals surface area contributed by atoms with Crippen molar-refractivity contribution in [2.45, 2.75) is 38.4 Å². The average molecular weight is 233 g/mol. The van der Waals surface area contributed by atoms with Gasteiger partial charge < -0.3 is 15.2 Å². The van der Waals surface area contributed by atoms with E-state index in [9.17, 15) is 5.11 Å². The van der Waals surface area contributed by atoms with Gasteiger partial charge in [-0.1, -0.05) is 0 Å². The first-order chi connectivity index (χ1) is 8.10. The highest BCUT2D eigenvalue weighted by atomic mass is 16.5. The van der Waals surface area contributed by atoms with Crippen LogP contribution in [0, 0.1) is 13.8 Å². The lowest BCUT2D eigenvalue weighted by Crippen LogP contribution is -2.43. The lowest BCUT2D eigenvalue weighted by molar-refractivity contribution is -0.000382. The van der Waals surface area contributed by atoms with Crippen LogP contribution in [0.4, 0.5) is 0 Å². The van der Waals surface area contributed by atoms with E-state index in [1.165, 1.54) is 11.1 Å². The van der Waals surface area contributed by atoms with Crippen LogP contribution in [0.15, 0.2) is 12.1 Å². The molecule has 1 aromatic carbocycles. The molecule has 2 atom stereocenters. The lowest BCUT2D eigenvalue weighted by Gasteiger charge is -2.38. The Morgan fingerprint density at radius 3 is 2.82 bits per heavy atom. The summed E-state index contributed by atoms with van der Waals surface area (Å²) in [5.74, 6) is 0.871. The molecule has 2 unspecified atom stereocenters. The molecular formula is C14H19NO2. The molecular weight excluding hydrogens is 214 g/mol. The van der Waals surface area contributed by atoms with Crippen LogP contribution in [0.2, 0.25) is 0 Å². The normalized spacial score (nSPS) is 31.4. The van der Waals surface area contributed by atoms with Crippen molar-refractivity contribution < 1.29 is 9.84 Å². The van der Waals surface area contributed by atoms with Gasteiger partial charge >= 0.3 is 0 Å². The summed E-state index contributed by atoms with van der Waals surface area (Å²) >= 11 is 0. The molecule has 92 valence electrons. The van der Waals surface area contributed by atoms with Crippen LogP contribution in [-0.2, 0) is 0 Å². The molecule has 3 heteroatoms. The third kappa shape index (κ3) is 1.74. The number of benzene rings is 1. The van der Waals surface area contributed by atoms with Crippen LogP contribution in [0.1, 0.15) is 35.6 Å². The minimum absolute atomic E-state index is 0.186. The standard InChI is InChI=1S/C14H19NO2/c1-9-5-11-12(16)7-14(3-4-15-8-14)17-13(11)6-10(9)2/h5-6,12,15-16H,3-4,7-8H2,1-2H3. The van der Waals surface area contributed by atoms with E-state index in [0.717, 1.165) is 30.8 Å². The molecule has 0 aromatic heterocycles. The summed E-state index contributed by atoms with van der Waals surface area (Å²) in [6.07, 6.45) is 1.30. The number of aliphatic hydroxyl groups is 1. The fourth-order valence-electron chi connectivity index (χ4n) is 2.88. The molecule has 3 rings (SSSR count). The van der Waals surface area contributed by atoms with Gasteiger partial charge in [-0.2, -0.15) is 0 Å². The molecule has 0 amide bonds. The van der Waals surface area contributed by atoms with Crippen molar-refractivity contribution >= 4 is 0 Å². The number of fused-ring (bicyclic) bond motifs is 1. The maximum Gasteiger partial charge on any atom is 0.126 e. The molecule has 3 nitrogen and oxygen atoms in total. The quantitative estimate of drug-likeness (QED) is 0.718. The SMILES string of the molecule is Cc1cc2c(cc1C)C(O)CC1(CCNC1)O2. The van der Waals surface area contributed by atoms with Crippen LogP contribution in [0.3, 0.4) is 0 Å². The Kier molecular flexibility index (Phi) is 2.42. The predicted octanol–water partition coefficient (Wildman–Crippen LogP) is 1.85. The van der Waals surface area contributed by atoms with Gasteiger partial charge in [0, 0.05) is 24.9 Å². The van der Waals surface area contributed by atoms with Crippen LogP contribution in [0.5, 0.6) is 5.75 Å². The molecule has 2 aliphatic rings. The number of hydrogen-bond acceptors (Lipinski definition) is 3. The number of rotatable bonds is 0. The first-order valence-electron chi connectivity index (χ1n) is 6.29. The van der Waals surface area contributed by atoms with E-state index in [1.807, 2.05) is 0 Å².